The van der Waals surface area contributed by atoms with Crippen LogP contribution in [0.2, 0.25) is 0 Å². The van der Waals surface area contributed by atoms with Crippen molar-refractivity contribution >= 4 is 17.2 Å². The quantitative estimate of drug-likeness (QED) is 0.898. The molecule has 0 unspecified atom stereocenters. The molecule has 2 aliphatic rings. The molecule has 1 N–H and O–H groups in total. The molecule has 1 aromatic heterocycles. The van der Waals surface area contributed by atoms with Gasteiger partial charge in [-0.15, -0.1) is 0 Å². The number of carbonyl (C=O) groups is 1. The van der Waals surface area contributed by atoms with Crippen LogP contribution in [0.25, 0.3) is 0 Å². The van der Waals surface area contributed by atoms with Crippen LogP contribution in [0.5, 0.6) is 0 Å². The molecule has 3 atom stereocenters. The highest BCUT2D eigenvalue weighted by Gasteiger charge is 2.33. The van der Waals surface area contributed by atoms with Crippen LogP contribution >= 0.6 is 11.3 Å². The lowest BCUT2D eigenvalue weighted by molar-refractivity contribution is -0.146. The number of amides is 1. The predicted molar refractivity (Wildman–Crippen MR) is 75.2 cm³/mol. The third kappa shape index (κ3) is 2.83. The van der Waals surface area contributed by atoms with Gasteiger partial charge in [-0.25, -0.2) is 0 Å². The Morgan fingerprint density at radius 3 is 3.11 bits per heavy atom. The second-order valence-electron chi connectivity index (χ2n) is 5.38. The van der Waals surface area contributed by atoms with Crippen molar-refractivity contribution in [1.29, 1.82) is 0 Å². The van der Waals surface area contributed by atoms with Crippen LogP contribution in [0, 0.1) is 0 Å². The van der Waals surface area contributed by atoms with Crippen molar-refractivity contribution in [3.05, 3.63) is 22.4 Å². The van der Waals surface area contributed by atoms with Gasteiger partial charge in [-0.1, -0.05) is 0 Å². The second-order valence-corrected chi connectivity index (χ2v) is 6.16. The van der Waals surface area contributed by atoms with E-state index >= 15 is 0 Å². The maximum atomic E-state index is 12.5. The first-order chi connectivity index (χ1) is 9.24. The van der Waals surface area contributed by atoms with Crippen LogP contribution in [0.1, 0.15) is 31.4 Å². The van der Waals surface area contributed by atoms with Gasteiger partial charge in [0.1, 0.15) is 6.10 Å². The molecule has 3 heterocycles. The Balaban J connectivity index is 1.69. The maximum Gasteiger partial charge on any atom is 0.239 e. The molecule has 0 bridgehead atoms. The highest BCUT2D eigenvalue weighted by molar-refractivity contribution is 7.07. The molecule has 1 amide bonds. The number of hydrogen-bond acceptors (Lipinski definition) is 4. The minimum atomic E-state index is 0.0217. The fourth-order valence-corrected chi connectivity index (χ4v) is 3.59. The molecule has 2 aliphatic heterocycles. The summed E-state index contributed by atoms with van der Waals surface area (Å²) in [4.78, 5) is 14.4. The third-order valence-corrected chi connectivity index (χ3v) is 4.55. The molecule has 2 saturated heterocycles. The molecule has 1 aromatic rings. The average molecular weight is 280 g/mol. The van der Waals surface area contributed by atoms with Crippen LogP contribution in [0.15, 0.2) is 16.8 Å². The van der Waals surface area contributed by atoms with Crippen LogP contribution in [0.3, 0.4) is 0 Å². The van der Waals surface area contributed by atoms with E-state index in [1.54, 1.807) is 11.3 Å². The van der Waals surface area contributed by atoms with E-state index in [0.29, 0.717) is 13.1 Å². The second kappa shape index (κ2) is 5.61. The smallest absolute Gasteiger partial charge is 0.239 e. The number of carbonyl (C=O) groups excluding carboxylic acids is 1. The first-order valence-corrected chi connectivity index (χ1v) is 7.88. The summed E-state index contributed by atoms with van der Waals surface area (Å²) < 4.78 is 5.97. The van der Waals surface area contributed by atoms with Crippen molar-refractivity contribution in [3.63, 3.8) is 0 Å². The Morgan fingerprint density at radius 1 is 1.53 bits per heavy atom. The SMILES string of the molecule is C[C@H]1CN(C(=O)[C@@H]2CCCN2)C[C@@H](c2ccsc2)O1. The van der Waals surface area contributed by atoms with Gasteiger partial charge in [-0.2, -0.15) is 11.3 Å². The number of nitrogens with zero attached hydrogens (tertiary/aromatic N) is 1. The maximum absolute atomic E-state index is 12.5. The van der Waals surface area contributed by atoms with Crippen molar-refractivity contribution < 1.29 is 9.53 Å². The van der Waals surface area contributed by atoms with Gasteiger partial charge in [0.25, 0.3) is 0 Å². The lowest BCUT2D eigenvalue weighted by Gasteiger charge is -2.37. The fraction of sp³-hybridized carbons (Fsp3) is 0.643. The summed E-state index contributed by atoms with van der Waals surface area (Å²) in [7, 11) is 0. The summed E-state index contributed by atoms with van der Waals surface area (Å²) in [5.74, 6) is 0.243. The summed E-state index contributed by atoms with van der Waals surface area (Å²) in [5, 5.41) is 7.46. The minimum absolute atomic E-state index is 0.0217. The molecule has 0 aromatic carbocycles. The highest BCUT2D eigenvalue weighted by Crippen LogP contribution is 2.27. The summed E-state index contributed by atoms with van der Waals surface area (Å²) >= 11 is 1.67. The molecular weight excluding hydrogens is 260 g/mol. The normalized spacial score (nSPS) is 31.6. The van der Waals surface area contributed by atoms with Gasteiger partial charge in [0.2, 0.25) is 5.91 Å². The van der Waals surface area contributed by atoms with E-state index in [-0.39, 0.29) is 24.2 Å². The molecule has 19 heavy (non-hydrogen) atoms. The summed E-state index contributed by atoms with van der Waals surface area (Å²) in [6, 6.07) is 2.11. The minimum Gasteiger partial charge on any atom is -0.367 e. The van der Waals surface area contributed by atoms with Gasteiger partial charge < -0.3 is 15.0 Å². The van der Waals surface area contributed by atoms with Gasteiger partial charge >= 0.3 is 0 Å². The van der Waals surface area contributed by atoms with Gasteiger partial charge in [0.15, 0.2) is 0 Å². The lowest BCUT2D eigenvalue weighted by Crippen LogP contribution is -2.51. The first kappa shape index (κ1) is 13.1. The highest BCUT2D eigenvalue weighted by atomic mass is 32.1. The van der Waals surface area contributed by atoms with E-state index in [1.165, 1.54) is 5.56 Å². The lowest BCUT2D eigenvalue weighted by atomic mass is 10.1. The zero-order valence-corrected chi connectivity index (χ0v) is 12.0. The molecule has 0 aliphatic carbocycles. The van der Waals surface area contributed by atoms with Crippen molar-refractivity contribution in [1.82, 2.24) is 10.2 Å². The number of ether oxygens (including phenoxy) is 1. The topological polar surface area (TPSA) is 41.6 Å². The molecular formula is C14H20N2O2S. The predicted octanol–water partition coefficient (Wildman–Crippen LogP) is 1.79. The number of morpholine rings is 1. The van der Waals surface area contributed by atoms with Crippen molar-refractivity contribution in [2.24, 2.45) is 0 Å². The van der Waals surface area contributed by atoms with E-state index in [1.807, 2.05) is 11.8 Å². The monoisotopic (exact) mass is 280 g/mol. The van der Waals surface area contributed by atoms with Crippen LogP contribution in [0.4, 0.5) is 0 Å². The number of rotatable bonds is 2. The molecule has 5 heteroatoms. The van der Waals surface area contributed by atoms with Crippen molar-refractivity contribution in [2.75, 3.05) is 19.6 Å². The van der Waals surface area contributed by atoms with E-state index in [0.717, 1.165) is 19.4 Å². The molecule has 3 rings (SSSR count). The molecule has 2 fully saturated rings. The fourth-order valence-electron chi connectivity index (χ4n) is 2.89. The van der Waals surface area contributed by atoms with Crippen LogP contribution in [-0.4, -0.2) is 42.6 Å². The molecule has 104 valence electrons. The molecule has 0 spiro atoms. The van der Waals surface area contributed by atoms with Crippen molar-refractivity contribution in [3.8, 4) is 0 Å². The Labute approximate surface area is 117 Å². The molecule has 0 saturated carbocycles. The van der Waals surface area contributed by atoms with E-state index < -0.39 is 0 Å². The Bertz CT molecular complexity index is 429. The Kier molecular flexibility index (Phi) is 3.86. The Hall–Kier alpha value is -0.910. The zero-order chi connectivity index (χ0) is 13.2. The van der Waals surface area contributed by atoms with Gasteiger partial charge in [-0.05, 0) is 48.7 Å². The largest absolute Gasteiger partial charge is 0.367 e. The summed E-state index contributed by atoms with van der Waals surface area (Å²) in [6.45, 7) is 4.39. The first-order valence-electron chi connectivity index (χ1n) is 6.94. The van der Waals surface area contributed by atoms with E-state index in [4.69, 9.17) is 4.74 Å². The van der Waals surface area contributed by atoms with E-state index in [2.05, 4.69) is 22.1 Å². The standard InChI is InChI=1S/C14H20N2O2S/c1-10-7-16(14(17)12-3-2-5-15-12)8-13(18-10)11-4-6-19-9-11/h4,6,9-10,12-13,15H,2-3,5,7-8H2,1H3/t10-,12-,13-/m0/s1. The molecule has 4 nitrogen and oxygen atoms in total. The Morgan fingerprint density at radius 2 is 2.42 bits per heavy atom. The van der Waals surface area contributed by atoms with Gasteiger partial charge in [0.05, 0.1) is 18.7 Å². The van der Waals surface area contributed by atoms with Crippen LogP contribution < -0.4 is 5.32 Å². The average Bonchev–Trinajstić information content (AvgIpc) is 3.10. The number of hydrogen-bond donors (Lipinski definition) is 1. The van der Waals surface area contributed by atoms with Crippen LogP contribution in [-0.2, 0) is 9.53 Å². The van der Waals surface area contributed by atoms with E-state index in [9.17, 15) is 4.79 Å². The molecule has 0 radical (unpaired) electrons. The number of nitrogens with one attached hydrogen (secondary N) is 1. The third-order valence-electron chi connectivity index (χ3n) is 3.85. The summed E-state index contributed by atoms with van der Waals surface area (Å²) in [5.41, 5.74) is 1.19. The van der Waals surface area contributed by atoms with Crippen molar-refractivity contribution in [2.45, 2.75) is 38.0 Å². The summed E-state index contributed by atoms with van der Waals surface area (Å²) in [6.07, 6.45) is 2.20. The van der Waals surface area contributed by atoms with Gasteiger partial charge in [-0.3, -0.25) is 4.79 Å². The van der Waals surface area contributed by atoms with Gasteiger partial charge in [0, 0.05) is 6.54 Å². The zero-order valence-electron chi connectivity index (χ0n) is 11.2. The number of thiophene rings is 1.